The number of hydrogen-bond donors (Lipinski definition) is 0. The summed E-state index contributed by atoms with van der Waals surface area (Å²) in [5, 5.41) is 0. The maximum atomic E-state index is 12.7. The molecule has 1 aromatic rings. The van der Waals surface area contributed by atoms with Crippen LogP contribution in [-0.4, -0.2) is 35.8 Å². The van der Waals surface area contributed by atoms with Crippen molar-refractivity contribution in [1.82, 2.24) is 9.88 Å². The van der Waals surface area contributed by atoms with E-state index in [2.05, 4.69) is 16.8 Å². The van der Waals surface area contributed by atoms with E-state index in [4.69, 9.17) is 0 Å². The van der Waals surface area contributed by atoms with Crippen molar-refractivity contribution in [2.24, 2.45) is 11.8 Å². The minimum atomic E-state index is -0.411. The fourth-order valence-corrected chi connectivity index (χ4v) is 2.11. The van der Waals surface area contributed by atoms with E-state index in [1.165, 1.54) is 18.6 Å². The fraction of sp³-hybridized carbons (Fsp3) is 0.571. The van der Waals surface area contributed by atoms with Crippen LogP contribution in [0.4, 0.5) is 4.39 Å². The lowest BCUT2D eigenvalue weighted by molar-refractivity contribution is 0.0963. The molecule has 0 amide bonds. The number of aromatic nitrogens is 1. The molecule has 4 heteroatoms. The van der Waals surface area contributed by atoms with E-state index in [0.29, 0.717) is 12.1 Å². The van der Waals surface area contributed by atoms with Gasteiger partial charge in [-0.05, 0) is 37.4 Å². The summed E-state index contributed by atoms with van der Waals surface area (Å²) >= 11 is 0. The number of nitrogens with zero attached hydrogens (tertiary/aromatic N) is 2. The molecule has 1 aliphatic carbocycles. The molecule has 1 aliphatic rings. The summed E-state index contributed by atoms with van der Waals surface area (Å²) in [6, 6.07) is 2.72. The predicted octanol–water partition coefficient (Wildman–Crippen LogP) is 2.38. The van der Waals surface area contributed by atoms with Gasteiger partial charge in [-0.3, -0.25) is 9.78 Å². The standard InChI is InChI=1S/C14H19FN2O/c1-10-7-11(10)9-17(2)6-5-14(18)13-4-3-12(15)8-16-13/h3-4,8,10-11H,5-7,9H2,1-2H3. The average molecular weight is 250 g/mol. The Labute approximate surface area is 107 Å². The smallest absolute Gasteiger partial charge is 0.182 e. The molecule has 2 atom stereocenters. The van der Waals surface area contributed by atoms with Gasteiger partial charge in [-0.1, -0.05) is 6.92 Å². The van der Waals surface area contributed by atoms with Crippen LogP contribution in [-0.2, 0) is 0 Å². The Morgan fingerprint density at radius 3 is 2.83 bits per heavy atom. The Morgan fingerprint density at radius 2 is 2.28 bits per heavy atom. The normalized spacial score (nSPS) is 22.2. The van der Waals surface area contributed by atoms with Gasteiger partial charge in [-0.15, -0.1) is 0 Å². The molecule has 0 aromatic carbocycles. The van der Waals surface area contributed by atoms with Gasteiger partial charge in [0.2, 0.25) is 0 Å². The maximum Gasteiger partial charge on any atom is 0.182 e. The van der Waals surface area contributed by atoms with E-state index in [9.17, 15) is 9.18 Å². The molecule has 0 aliphatic heterocycles. The number of pyridine rings is 1. The van der Waals surface area contributed by atoms with Crippen LogP contribution in [0, 0.1) is 17.7 Å². The van der Waals surface area contributed by atoms with Gasteiger partial charge in [0.15, 0.2) is 5.78 Å². The summed E-state index contributed by atoms with van der Waals surface area (Å²) in [5.74, 6) is 1.20. The second-order valence-electron chi connectivity index (χ2n) is 5.27. The van der Waals surface area contributed by atoms with Crippen molar-refractivity contribution in [3.63, 3.8) is 0 Å². The molecule has 98 valence electrons. The van der Waals surface area contributed by atoms with Gasteiger partial charge in [0, 0.05) is 19.5 Å². The maximum absolute atomic E-state index is 12.7. The van der Waals surface area contributed by atoms with Crippen molar-refractivity contribution < 1.29 is 9.18 Å². The molecular formula is C14H19FN2O. The Kier molecular flexibility index (Phi) is 4.07. The number of ketones is 1. The Hall–Kier alpha value is -1.29. The molecule has 1 saturated carbocycles. The summed E-state index contributed by atoms with van der Waals surface area (Å²) in [6.07, 6.45) is 2.83. The van der Waals surface area contributed by atoms with Gasteiger partial charge < -0.3 is 4.90 Å². The quantitative estimate of drug-likeness (QED) is 0.727. The molecule has 0 N–H and O–H groups in total. The zero-order valence-corrected chi connectivity index (χ0v) is 10.9. The average Bonchev–Trinajstić information content (AvgIpc) is 3.02. The SMILES string of the molecule is CC1CC1CN(C)CCC(=O)c1ccc(F)cn1. The largest absolute Gasteiger partial charge is 0.306 e. The van der Waals surface area contributed by atoms with Gasteiger partial charge in [-0.25, -0.2) is 4.39 Å². The molecule has 18 heavy (non-hydrogen) atoms. The number of halogens is 1. The van der Waals surface area contributed by atoms with Gasteiger partial charge >= 0.3 is 0 Å². The fourth-order valence-electron chi connectivity index (χ4n) is 2.11. The lowest BCUT2D eigenvalue weighted by Crippen LogP contribution is -2.24. The highest BCUT2D eigenvalue weighted by Crippen LogP contribution is 2.37. The third kappa shape index (κ3) is 3.60. The van der Waals surface area contributed by atoms with Crippen LogP contribution in [0.1, 0.15) is 30.3 Å². The third-order valence-corrected chi connectivity index (χ3v) is 3.56. The summed E-state index contributed by atoms with van der Waals surface area (Å²) in [4.78, 5) is 17.8. The van der Waals surface area contributed by atoms with Crippen LogP contribution in [0.2, 0.25) is 0 Å². The molecule has 3 nitrogen and oxygen atoms in total. The number of Topliss-reactive ketones (excluding diaryl/α,β-unsaturated/α-hetero) is 1. The van der Waals surface area contributed by atoms with Crippen molar-refractivity contribution in [2.75, 3.05) is 20.1 Å². The lowest BCUT2D eigenvalue weighted by atomic mass is 10.2. The first-order valence-electron chi connectivity index (χ1n) is 6.39. The number of rotatable bonds is 6. The molecule has 0 bridgehead atoms. The summed E-state index contributed by atoms with van der Waals surface area (Å²) < 4.78 is 12.7. The Balaban J connectivity index is 1.75. The van der Waals surface area contributed by atoms with E-state index in [0.717, 1.165) is 31.1 Å². The van der Waals surface area contributed by atoms with E-state index in [1.54, 1.807) is 0 Å². The van der Waals surface area contributed by atoms with Crippen LogP contribution < -0.4 is 0 Å². The zero-order valence-electron chi connectivity index (χ0n) is 10.9. The van der Waals surface area contributed by atoms with Gasteiger partial charge in [0.25, 0.3) is 0 Å². The number of carbonyl (C=O) groups excluding carboxylic acids is 1. The second kappa shape index (κ2) is 5.57. The molecule has 2 unspecified atom stereocenters. The number of hydrogen-bond acceptors (Lipinski definition) is 3. The highest BCUT2D eigenvalue weighted by Gasteiger charge is 2.32. The second-order valence-corrected chi connectivity index (χ2v) is 5.27. The van der Waals surface area contributed by atoms with E-state index >= 15 is 0 Å². The monoisotopic (exact) mass is 250 g/mol. The molecule has 0 radical (unpaired) electrons. The Bertz CT molecular complexity index is 418. The topological polar surface area (TPSA) is 33.2 Å². The van der Waals surface area contributed by atoms with E-state index < -0.39 is 5.82 Å². The van der Waals surface area contributed by atoms with Crippen LogP contribution in [0.5, 0.6) is 0 Å². The first-order chi connectivity index (χ1) is 8.56. The zero-order chi connectivity index (χ0) is 13.1. The van der Waals surface area contributed by atoms with Crippen molar-refractivity contribution in [3.8, 4) is 0 Å². The van der Waals surface area contributed by atoms with Crippen molar-refractivity contribution >= 4 is 5.78 Å². The van der Waals surface area contributed by atoms with Gasteiger partial charge in [-0.2, -0.15) is 0 Å². The molecule has 1 fully saturated rings. The van der Waals surface area contributed by atoms with Crippen molar-refractivity contribution in [3.05, 3.63) is 29.8 Å². The molecule has 2 rings (SSSR count). The third-order valence-electron chi connectivity index (χ3n) is 3.56. The van der Waals surface area contributed by atoms with Crippen LogP contribution in [0.15, 0.2) is 18.3 Å². The summed E-state index contributed by atoms with van der Waals surface area (Å²) in [6.45, 7) is 4.05. The van der Waals surface area contributed by atoms with E-state index in [1.807, 2.05) is 7.05 Å². The highest BCUT2D eigenvalue weighted by molar-refractivity contribution is 5.94. The van der Waals surface area contributed by atoms with Crippen LogP contribution in [0.25, 0.3) is 0 Å². The molecular weight excluding hydrogens is 231 g/mol. The highest BCUT2D eigenvalue weighted by atomic mass is 19.1. The molecule has 1 aromatic heterocycles. The molecule has 1 heterocycles. The minimum absolute atomic E-state index is 0.0225. The lowest BCUT2D eigenvalue weighted by Gasteiger charge is -2.15. The first kappa shape index (κ1) is 13.1. The van der Waals surface area contributed by atoms with Crippen molar-refractivity contribution in [2.45, 2.75) is 19.8 Å². The summed E-state index contributed by atoms with van der Waals surface area (Å²) in [7, 11) is 2.04. The molecule has 0 spiro atoms. The summed E-state index contributed by atoms with van der Waals surface area (Å²) in [5.41, 5.74) is 0.351. The van der Waals surface area contributed by atoms with Crippen LogP contribution >= 0.6 is 0 Å². The van der Waals surface area contributed by atoms with Crippen molar-refractivity contribution in [1.29, 1.82) is 0 Å². The first-order valence-corrected chi connectivity index (χ1v) is 6.39. The minimum Gasteiger partial charge on any atom is -0.306 e. The van der Waals surface area contributed by atoms with Gasteiger partial charge in [0.1, 0.15) is 11.5 Å². The van der Waals surface area contributed by atoms with Crippen LogP contribution in [0.3, 0.4) is 0 Å². The molecule has 0 saturated heterocycles. The Morgan fingerprint density at radius 1 is 1.56 bits per heavy atom. The predicted molar refractivity (Wildman–Crippen MR) is 67.9 cm³/mol. The number of carbonyl (C=O) groups is 1. The van der Waals surface area contributed by atoms with Gasteiger partial charge in [0.05, 0.1) is 6.20 Å². The van der Waals surface area contributed by atoms with E-state index in [-0.39, 0.29) is 5.78 Å².